The van der Waals surface area contributed by atoms with E-state index in [4.69, 9.17) is 0 Å². The molecule has 0 saturated heterocycles. The maximum atomic E-state index is 12.7. The number of ketones is 1. The van der Waals surface area contributed by atoms with E-state index in [0.717, 1.165) is 50.8 Å². The number of H-pyrrole nitrogens is 2. The van der Waals surface area contributed by atoms with Crippen molar-refractivity contribution in [3.63, 3.8) is 0 Å². The zero-order valence-electron chi connectivity index (χ0n) is 30.0. The Morgan fingerprint density at radius 1 is 0.660 bits per heavy atom. The Kier molecular flexibility index (Phi) is 12.5. The number of carbonyl (C=O) groups is 5. The molecule has 3 aromatic carbocycles. The smallest absolute Gasteiger partial charge is 0.407 e. The van der Waals surface area contributed by atoms with Crippen LogP contribution in [-0.2, 0) is 36.9 Å². The molecular weight excluding hydrogens is 680 g/mol. The Hall–Kier alpha value is -6.51. The van der Waals surface area contributed by atoms with E-state index in [2.05, 4.69) is 70.4 Å². The van der Waals surface area contributed by atoms with Crippen molar-refractivity contribution in [2.75, 3.05) is 40.4 Å². The molecule has 4 N–H and O–H groups in total. The fraction of sp³-hybridized carbons (Fsp3) is 0.289. The predicted octanol–water partition coefficient (Wildman–Crippen LogP) is 4.66. The van der Waals surface area contributed by atoms with Crippen LogP contribution in [0.25, 0.3) is 44.4 Å². The van der Waals surface area contributed by atoms with Gasteiger partial charge in [0.2, 0.25) is 11.8 Å². The van der Waals surface area contributed by atoms with Gasteiger partial charge in [0.1, 0.15) is 30.5 Å². The van der Waals surface area contributed by atoms with Gasteiger partial charge in [-0.3, -0.25) is 14.4 Å². The minimum atomic E-state index is -0.737. The summed E-state index contributed by atoms with van der Waals surface area (Å²) in [6.45, 7) is 3.65. The van der Waals surface area contributed by atoms with Crippen LogP contribution in [0.15, 0.2) is 73.1 Å². The molecule has 0 saturated carbocycles. The van der Waals surface area contributed by atoms with E-state index in [1.165, 1.54) is 26.0 Å². The van der Waals surface area contributed by atoms with E-state index < -0.39 is 18.1 Å². The molecule has 0 bridgehead atoms. The normalized spacial score (nSPS) is 10.8. The number of nitrogens with zero attached hydrogens (tertiary/aromatic N) is 4. The van der Waals surface area contributed by atoms with E-state index in [1.54, 1.807) is 17.3 Å². The van der Waals surface area contributed by atoms with Crippen molar-refractivity contribution >= 4 is 40.6 Å². The predicted molar refractivity (Wildman–Crippen MR) is 197 cm³/mol. The van der Waals surface area contributed by atoms with Crippen LogP contribution in [0, 0.1) is 0 Å². The zero-order chi connectivity index (χ0) is 37.9. The average molecular weight is 723 g/mol. The Bertz CT molecular complexity index is 2090. The van der Waals surface area contributed by atoms with Crippen LogP contribution < -0.4 is 10.6 Å². The molecule has 0 aliphatic carbocycles. The number of benzene rings is 3. The topological polar surface area (TPSA) is 192 Å². The van der Waals surface area contributed by atoms with Crippen LogP contribution in [0.1, 0.15) is 31.9 Å². The van der Waals surface area contributed by atoms with Gasteiger partial charge in [-0.05, 0) is 52.9 Å². The van der Waals surface area contributed by atoms with Crippen LogP contribution in [0.4, 0.5) is 9.59 Å². The summed E-state index contributed by atoms with van der Waals surface area (Å²) in [6, 6.07) is 20.5. The molecule has 15 nitrogen and oxygen atoms in total. The fourth-order valence-electron chi connectivity index (χ4n) is 5.70. The standard InChI is InChI=1S/C38H42N8O7/c1-5-14-45(35(48)19-41-37(50)52-3)22-33-40-18-32(44-33)30-13-12-28-15-27(10-11-29(28)16-30)25-6-8-26(9-7-25)31-17-39-34(43-31)23-46(21-24(2)47)36(49)20-42-38(51)53-4/h6-13,15-18H,5,14,19-23H2,1-4H3,(H,39,43)(H,40,44)(H,41,50)(H,42,51). The van der Waals surface area contributed by atoms with Crippen LogP contribution in [0.5, 0.6) is 0 Å². The van der Waals surface area contributed by atoms with E-state index in [1.807, 2.05) is 37.3 Å². The molecule has 0 unspecified atom stereocenters. The Morgan fingerprint density at radius 3 is 1.68 bits per heavy atom. The van der Waals surface area contributed by atoms with Gasteiger partial charge in [-0.2, -0.15) is 0 Å². The first-order chi connectivity index (χ1) is 25.6. The van der Waals surface area contributed by atoms with Crippen molar-refractivity contribution in [2.24, 2.45) is 0 Å². The largest absolute Gasteiger partial charge is 0.453 e. The number of carbonyl (C=O) groups excluding carboxylic acids is 5. The maximum absolute atomic E-state index is 12.7. The number of rotatable bonds is 15. The number of hydrogen-bond acceptors (Lipinski definition) is 9. The number of nitrogens with one attached hydrogen (secondary N) is 4. The Labute approximate surface area is 306 Å². The molecule has 0 spiro atoms. The highest BCUT2D eigenvalue weighted by Gasteiger charge is 2.19. The average Bonchev–Trinajstić information content (AvgIpc) is 3.85. The zero-order valence-corrected chi connectivity index (χ0v) is 30.0. The molecule has 0 fully saturated rings. The number of aromatic amines is 2. The summed E-state index contributed by atoms with van der Waals surface area (Å²) in [4.78, 5) is 78.4. The van der Waals surface area contributed by atoms with Gasteiger partial charge in [-0.1, -0.05) is 55.5 Å². The second kappa shape index (κ2) is 17.6. The van der Waals surface area contributed by atoms with E-state index >= 15 is 0 Å². The molecule has 4 amide bonds. The summed E-state index contributed by atoms with van der Waals surface area (Å²) < 4.78 is 9.07. The number of hydrogen-bond donors (Lipinski definition) is 4. The second-order valence-electron chi connectivity index (χ2n) is 12.3. The van der Waals surface area contributed by atoms with E-state index in [-0.39, 0.29) is 44.4 Å². The first-order valence-electron chi connectivity index (χ1n) is 17.0. The van der Waals surface area contributed by atoms with Gasteiger partial charge < -0.3 is 39.9 Å². The lowest BCUT2D eigenvalue weighted by Gasteiger charge is -2.21. The molecule has 5 rings (SSSR count). The first kappa shape index (κ1) is 37.7. The SMILES string of the molecule is CCCN(Cc1ncc(-c2ccc3cc(-c4ccc(-c5cnc(CN(CC(C)=O)C(=O)CNC(=O)OC)[nH]5)cc4)ccc3c2)[nH]1)C(=O)CNC(=O)OC. The van der Waals surface area contributed by atoms with Crippen molar-refractivity contribution in [3.8, 4) is 33.6 Å². The number of aromatic nitrogens is 4. The Balaban J connectivity index is 1.24. The Morgan fingerprint density at radius 2 is 1.13 bits per heavy atom. The molecule has 0 aliphatic heterocycles. The first-order valence-corrected chi connectivity index (χ1v) is 17.0. The summed E-state index contributed by atoms with van der Waals surface area (Å²) in [5.41, 5.74) is 5.51. The number of methoxy groups -OCH3 is 2. The molecular formula is C38H42N8O7. The maximum Gasteiger partial charge on any atom is 0.407 e. The number of Topliss-reactive ketones (excluding diaryl/α,β-unsaturated/α-hetero) is 1. The number of ether oxygens (including phenoxy) is 2. The van der Waals surface area contributed by atoms with Crippen molar-refractivity contribution in [1.29, 1.82) is 0 Å². The lowest BCUT2D eigenvalue weighted by atomic mass is 9.98. The van der Waals surface area contributed by atoms with E-state index in [0.29, 0.717) is 18.2 Å². The van der Waals surface area contributed by atoms with Gasteiger partial charge in [-0.15, -0.1) is 0 Å². The van der Waals surface area contributed by atoms with E-state index in [9.17, 15) is 24.0 Å². The molecule has 0 aliphatic rings. The lowest BCUT2D eigenvalue weighted by Crippen LogP contribution is -2.42. The summed E-state index contributed by atoms with van der Waals surface area (Å²) >= 11 is 0. The van der Waals surface area contributed by atoms with Crippen molar-refractivity contribution < 1.29 is 33.4 Å². The molecule has 2 heterocycles. The number of amides is 4. The van der Waals surface area contributed by atoms with Gasteiger partial charge >= 0.3 is 12.2 Å². The minimum Gasteiger partial charge on any atom is -0.453 e. The van der Waals surface area contributed by atoms with Crippen LogP contribution >= 0.6 is 0 Å². The molecule has 53 heavy (non-hydrogen) atoms. The van der Waals surface area contributed by atoms with Gasteiger partial charge in [0.25, 0.3) is 0 Å². The third-order valence-electron chi connectivity index (χ3n) is 8.37. The molecule has 0 atom stereocenters. The number of alkyl carbamates (subject to hydrolysis) is 2. The number of imidazole rings is 2. The minimum absolute atomic E-state index is 0.0654. The van der Waals surface area contributed by atoms with Gasteiger partial charge in [0, 0.05) is 12.1 Å². The number of fused-ring (bicyclic) bond motifs is 1. The van der Waals surface area contributed by atoms with Crippen molar-refractivity contribution in [1.82, 2.24) is 40.4 Å². The highest BCUT2D eigenvalue weighted by Crippen LogP contribution is 2.29. The van der Waals surface area contributed by atoms with Crippen molar-refractivity contribution in [2.45, 2.75) is 33.4 Å². The molecule has 5 aromatic rings. The highest BCUT2D eigenvalue weighted by atomic mass is 16.5. The quantitative estimate of drug-likeness (QED) is 0.119. The summed E-state index contributed by atoms with van der Waals surface area (Å²) in [5.74, 6) is 0.265. The van der Waals surface area contributed by atoms with Crippen LogP contribution in [0.2, 0.25) is 0 Å². The van der Waals surface area contributed by atoms with Gasteiger partial charge in [0.15, 0.2) is 0 Å². The summed E-state index contributed by atoms with van der Waals surface area (Å²) in [7, 11) is 2.45. The van der Waals surface area contributed by atoms with Crippen LogP contribution in [0.3, 0.4) is 0 Å². The third-order valence-corrected chi connectivity index (χ3v) is 8.37. The highest BCUT2D eigenvalue weighted by molar-refractivity contribution is 5.91. The van der Waals surface area contributed by atoms with Crippen LogP contribution in [-0.4, -0.2) is 99.9 Å². The molecule has 276 valence electrons. The fourth-order valence-corrected chi connectivity index (χ4v) is 5.70. The van der Waals surface area contributed by atoms with Gasteiger partial charge in [-0.25, -0.2) is 19.6 Å². The van der Waals surface area contributed by atoms with Gasteiger partial charge in [0.05, 0.1) is 57.6 Å². The van der Waals surface area contributed by atoms with Crippen molar-refractivity contribution in [3.05, 3.63) is 84.7 Å². The third kappa shape index (κ3) is 10.1. The lowest BCUT2D eigenvalue weighted by molar-refractivity contribution is -0.134. The molecule has 0 radical (unpaired) electrons. The monoisotopic (exact) mass is 722 g/mol. The summed E-state index contributed by atoms with van der Waals surface area (Å²) in [5, 5.41) is 6.89. The summed E-state index contributed by atoms with van der Waals surface area (Å²) in [6.07, 6.45) is 2.79. The second-order valence-corrected chi connectivity index (χ2v) is 12.3. The molecule has 2 aromatic heterocycles. The molecule has 15 heteroatoms.